The van der Waals surface area contributed by atoms with Crippen LogP contribution in [0.25, 0.3) is 11.3 Å². The molecule has 2 aromatic rings. The summed E-state index contributed by atoms with van der Waals surface area (Å²) in [5, 5.41) is 10.8. The molecule has 0 amide bonds. The SMILES string of the molecule is CCO[C@@H](CCN(C)C)CNCc1nc(-c2cnn(C)c2)cs1. The van der Waals surface area contributed by atoms with Gasteiger partial charge in [-0.1, -0.05) is 0 Å². The predicted molar refractivity (Wildman–Crippen MR) is 94.6 cm³/mol. The minimum Gasteiger partial charge on any atom is -0.377 e. The van der Waals surface area contributed by atoms with Gasteiger partial charge in [-0.3, -0.25) is 4.68 Å². The van der Waals surface area contributed by atoms with E-state index in [4.69, 9.17) is 4.74 Å². The van der Waals surface area contributed by atoms with Crippen molar-refractivity contribution >= 4 is 11.3 Å². The summed E-state index contributed by atoms with van der Waals surface area (Å²) in [6.07, 6.45) is 5.12. The lowest BCUT2D eigenvalue weighted by Crippen LogP contribution is -2.31. The molecular formula is C16H27N5OS. The summed E-state index contributed by atoms with van der Waals surface area (Å²) in [6, 6.07) is 0. The molecular weight excluding hydrogens is 310 g/mol. The first-order valence-corrected chi connectivity index (χ1v) is 8.87. The number of hydrogen-bond donors (Lipinski definition) is 1. The van der Waals surface area contributed by atoms with Gasteiger partial charge in [-0.05, 0) is 27.4 Å². The number of thiazole rings is 1. The lowest BCUT2D eigenvalue weighted by Gasteiger charge is -2.19. The molecule has 0 aliphatic rings. The van der Waals surface area contributed by atoms with Gasteiger partial charge in [0.25, 0.3) is 0 Å². The highest BCUT2D eigenvalue weighted by atomic mass is 32.1. The van der Waals surface area contributed by atoms with Gasteiger partial charge in [0.1, 0.15) is 5.01 Å². The fourth-order valence-corrected chi connectivity index (χ4v) is 3.07. The minimum absolute atomic E-state index is 0.250. The summed E-state index contributed by atoms with van der Waals surface area (Å²) in [5.74, 6) is 0. The van der Waals surface area contributed by atoms with E-state index >= 15 is 0 Å². The van der Waals surface area contributed by atoms with E-state index in [2.05, 4.69) is 39.8 Å². The van der Waals surface area contributed by atoms with Crippen LogP contribution in [0.1, 0.15) is 18.4 Å². The third-order valence-corrected chi connectivity index (χ3v) is 4.35. The van der Waals surface area contributed by atoms with E-state index in [0.717, 1.165) is 48.9 Å². The molecule has 6 nitrogen and oxygen atoms in total. The third-order valence-electron chi connectivity index (χ3n) is 3.50. The molecule has 7 heteroatoms. The Kier molecular flexibility index (Phi) is 7.16. The highest BCUT2D eigenvalue weighted by molar-refractivity contribution is 7.09. The van der Waals surface area contributed by atoms with E-state index < -0.39 is 0 Å². The van der Waals surface area contributed by atoms with Crippen LogP contribution in [0.5, 0.6) is 0 Å². The molecule has 1 atom stereocenters. The standard InChI is InChI=1S/C16H27N5OS/c1-5-22-14(6-7-20(2)3)9-17-10-16-19-15(12-23-16)13-8-18-21(4)11-13/h8,11-12,14,17H,5-7,9-10H2,1-4H3/t14-/m0/s1. The number of aromatic nitrogens is 3. The average molecular weight is 337 g/mol. The van der Waals surface area contributed by atoms with Crippen LogP contribution in [0.4, 0.5) is 0 Å². The van der Waals surface area contributed by atoms with Crippen LogP contribution in [0.2, 0.25) is 0 Å². The van der Waals surface area contributed by atoms with Gasteiger partial charge >= 0.3 is 0 Å². The smallest absolute Gasteiger partial charge is 0.107 e. The molecule has 2 rings (SSSR count). The molecule has 2 aromatic heterocycles. The van der Waals surface area contributed by atoms with Gasteiger partial charge in [-0.15, -0.1) is 11.3 Å². The largest absolute Gasteiger partial charge is 0.377 e. The third kappa shape index (κ3) is 6.02. The second-order valence-electron chi connectivity index (χ2n) is 5.83. The van der Waals surface area contributed by atoms with Crippen molar-refractivity contribution in [1.82, 2.24) is 25.0 Å². The molecule has 0 unspecified atom stereocenters. The predicted octanol–water partition coefficient (Wildman–Crippen LogP) is 1.99. The number of rotatable bonds is 10. The van der Waals surface area contributed by atoms with Gasteiger partial charge in [0.2, 0.25) is 0 Å². The molecule has 0 aliphatic carbocycles. The lowest BCUT2D eigenvalue weighted by molar-refractivity contribution is 0.0517. The number of aryl methyl sites for hydroxylation is 1. The van der Waals surface area contributed by atoms with E-state index in [9.17, 15) is 0 Å². The van der Waals surface area contributed by atoms with Gasteiger partial charge in [-0.25, -0.2) is 4.98 Å². The van der Waals surface area contributed by atoms with Crippen LogP contribution in [-0.4, -0.2) is 59.6 Å². The molecule has 128 valence electrons. The Morgan fingerprint density at radius 3 is 2.91 bits per heavy atom. The highest BCUT2D eigenvalue weighted by Crippen LogP contribution is 2.20. The maximum atomic E-state index is 5.79. The first kappa shape index (κ1) is 18.1. The molecule has 0 aliphatic heterocycles. The normalized spacial score (nSPS) is 12.9. The molecule has 0 saturated heterocycles. The second-order valence-corrected chi connectivity index (χ2v) is 6.77. The minimum atomic E-state index is 0.250. The molecule has 2 heterocycles. The first-order chi connectivity index (χ1) is 11.1. The van der Waals surface area contributed by atoms with Crippen LogP contribution in [0.3, 0.4) is 0 Å². The maximum Gasteiger partial charge on any atom is 0.107 e. The van der Waals surface area contributed by atoms with Crippen molar-refractivity contribution in [2.45, 2.75) is 26.0 Å². The first-order valence-electron chi connectivity index (χ1n) is 7.99. The Morgan fingerprint density at radius 1 is 1.43 bits per heavy atom. The van der Waals surface area contributed by atoms with Crippen molar-refractivity contribution in [3.63, 3.8) is 0 Å². The summed E-state index contributed by atoms with van der Waals surface area (Å²) in [5.41, 5.74) is 2.06. The Hall–Kier alpha value is -1.28. The topological polar surface area (TPSA) is 55.2 Å². The van der Waals surface area contributed by atoms with Crippen LogP contribution < -0.4 is 5.32 Å². The Balaban J connectivity index is 1.79. The van der Waals surface area contributed by atoms with Crippen molar-refractivity contribution in [2.24, 2.45) is 7.05 Å². The van der Waals surface area contributed by atoms with Gasteiger partial charge in [-0.2, -0.15) is 5.10 Å². The summed E-state index contributed by atoms with van der Waals surface area (Å²) in [6.45, 7) is 5.46. The molecule has 0 aromatic carbocycles. The molecule has 0 bridgehead atoms. The van der Waals surface area contributed by atoms with Gasteiger partial charge in [0, 0.05) is 50.4 Å². The zero-order valence-corrected chi connectivity index (χ0v) is 15.3. The zero-order chi connectivity index (χ0) is 16.7. The molecule has 1 N–H and O–H groups in total. The Morgan fingerprint density at radius 2 is 2.26 bits per heavy atom. The van der Waals surface area contributed by atoms with E-state index in [1.807, 2.05) is 26.4 Å². The number of ether oxygens (including phenoxy) is 1. The van der Waals surface area contributed by atoms with Crippen LogP contribution in [0, 0.1) is 0 Å². The highest BCUT2D eigenvalue weighted by Gasteiger charge is 2.10. The van der Waals surface area contributed by atoms with Gasteiger partial charge in [0.15, 0.2) is 0 Å². The fraction of sp³-hybridized carbons (Fsp3) is 0.625. The summed E-state index contributed by atoms with van der Waals surface area (Å²) < 4.78 is 7.59. The quantitative estimate of drug-likeness (QED) is 0.718. The van der Waals surface area contributed by atoms with Crippen molar-refractivity contribution in [2.75, 3.05) is 33.8 Å². The van der Waals surface area contributed by atoms with Gasteiger partial charge in [0.05, 0.1) is 18.0 Å². The Bertz CT molecular complexity index is 581. The molecule has 0 fully saturated rings. The molecule has 23 heavy (non-hydrogen) atoms. The number of nitrogens with zero attached hydrogens (tertiary/aromatic N) is 4. The van der Waals surface area contributed by atoms with Crippen LogP contribution in [0.15, 0.2) is 17.8 Å². The van der Waals surface area contributed by atoms with Crippen LogP contribution >= 0.6 is 11.3 Å². The van der Waals surface area contributed by atoms with Crippen molar-refractivity contribution in [3.8, 4) is 11.3 Å². The maximum absolute atomic E-state index is 5.79. The Labute approximate surface area is 142 Å². The summed E-state index contributed by atoms with van der Waals surface area (Å²) in [7, 11) is 6.10. The molecule has 0 radical (unpaired) electrons. The number of hydrogen-bond acceptors (Lipinski definition) is 6. The molecule has 0 saturated carbocycles. The van der Waals surface area contributed by atoms with Crippen molar-refractivity contribution < 1.29 is 4.74 Å². The second kappa shape index (κ2) is 9.12. The van der Waals surface area contributed by atoms with E-state index in [-0.39, 0.29) is 6.10 Å². The number of nitrogens with one attached hydrogen (secondary N) is 1. The van der Waals surface area contributed by atoms with E-state index in [1.165, 1.54) is 0 Å². The monoisotopic (exact) mass is 337 g/mol. The van der Waals surface area contributed by atoms with E-state index in [1.54, 1.807) is 16.0 Å². The van der Waals surface area contributed by atoms with E-state index in [0.29, 0.717) is 0 Å². The lowest BCUT2D eigenvalue weighted by atomic mass is 10.2. The van der Waals surface area contributed by atoms with Gasteiger partial charge < -0.3 is 15.0 Å². The van der Waals surface area contributed by atoms with Crippen molar-refractivity contribution in [1.29, 1.82) is 0 Å². The summed E-state index contributed by atoms with van der Waals surface area (Å²) in [4.78, 5) is 6.85. The fourth-order valence-electron chi connectivity index (χ4n) is 2.30. The summed E-state index contributed by atoms with van der Waals surface area (Å²) >= 11 is 1.68. The zero-order valence-electron chi connectivity index (χ0n) is 14.5. The van der Waals surface area contributed by atoms with Crippen LogP contribution in [-0.2, 0) is 18.3 Å². The average Bonchev–Trinajstić information content (AvgIpc) is 3.13. The molecule has 0 spiro atoms. The van der Waals surface area contributed by atoms with Crippen molar-refractivity contribution in [3.05, 3.63) is 22.8 Å².